The smallest absolute Gasteiger partial charge is 0.0893 e. The summed E-state index contributed by atoms with van der Waals surface area (Å²) in [5.41, 5.74) is 4.74. The van der Waals surface area contributed by atoms with Gasteiger partial charge in [-0.15, -0.1) is 0 Å². The fourth-order valence-electron chi connectivity index (χ4n) is 2.15. The van der Waals surface area contributed by atoms with Crippen LogP contribution in [0.4, 0.5) is 0 Å². The maximum absolute atomic E-state index is 6.32. The summed E-state index contributed by atoms with van der Waals surface area (Å²) < 4.78 is 2.89. The van der Waals surface area contributed by atoms with Crippen LogP contribution in [-0.4, -0.2) is 35.3 Å². The second kappa shape index (κ2) is 7.38. The Morgan fingerprint density at radius 2 is 2.24 bits per heavy atom. The molecule has 1 heterocycles. The van der Waals surface area contributed by atoms with Crippen molar-refractivity contribution in [2.24, 2.45) is 5.84 Å². The lowest BCUT2D eigenvalue weighted by Crippen LogP contribution is -2.32. The molecule has 1 aromatic heterocycles. The SMILES string of the molecule is CN(C)CCn1ncc(Cl)c1C(NN)c1cccc(Br)c1. The Kier molecular flexibility index (Phi) is 5.78. The van der Waals surface area contributed by atoms with E-state index in [1.54, 1.807) is 6.20 Å². The molecule has 3 N–H and O–H groups in total. The number of nitrogens with one attached hydrogen (secondary N) is 1. The lowest BCUT2D eigenvalue weighted by atomic mass is 10.0. The summed E-state index contributed by atoms with van der Waals surface area (Å²) in [4.78, 5) is 2.10. The molecule has 0 radical (unpaired) electrons. The largest absolute Gasteiger partial charge is 0.308 e. The lowest BCUT2D eigenvalue weighted by molar-refractivity contribution is 0.365. The molecule has 0 spiro atoms. The van der Waals surface area contributed by atoms with Crippen molar-refractivity contribution in [3.8, 4) is 0 Å². The van der Waals surface area contributed by atoms with Crippen LogP contribution in [0.5, 0.6) is 0 Å². The number of hydrogen-bond donors (Lipinski definition) is 2. The molecular formula is C14H19BrClN5. The van der Waals surface area contributed by atoms with Gasteiger partial charge in [0.25, 0.3) is 0 Å². The van der Waals surface area contributed by atoms with Gasteiger partial charge in [-0.3, -0.25) is 10.5 Å². The zero-order chi connectivity index (χ0) is 15.4. The second-order valence-corrected chi connectivity index (χ2v) is 6.38. The quantitative estimate of drug-likeness (QED) is 0.604. The molecule has 0 aliphatic rings. The highest BCUT2D eigenvalue weighted by Gasteiger charge is 2.21. The molecule has 7 heteroatoms. The average Bonchev–Trinajstić information content (AvgIpc) is 2.79. The van der Waals surface area contributed by atoms with Crippen molar-refractivity contribution in [3.63, 3.8) is 0 Å². The van der Waals surface area contributed by atoms with Crippen LogP contribution in [0.25, 0.3) is 0 Å². The molecule has 1 unspecified atom stereocenters. The molecule has 0 saturated carbocycles. The Morgan fingerprint density at radius 1 is 1.48 bits per heavy atom. The highest BCUT2D eigenvalue weighted by atomic mass is 79.9. The summed E-state index contributed by atoms with van der Waals surface area (Å²) >= 11 is 9.80. The van der Waals surface area contributed by atoms with Crippen molar-refractivity contribution >= 4 is 27.5 Å². The van der Waals surface area contributed by atoms with E-state index in [9.17, 15) is 0 Å². The molecule has 0 saturated heterocycles. The summed E-state index contributed by atoms with van der Waals surface area (Å²) in [6.07, 6.45) is 1.66. The van der Waals surface area contributed by atoms with Crippen LogP contribution >= 0.6 is 27.5 Å². The first-order valence-electron chi connectivity index (χ1n) is 6.60. The summed E-state index contributed by atoms with van der Waals surface area (Å²) in [7, 11) is 4.05. The molecule has 5 nitrogen and oxygen atoms in total. The summed E-state index contributed by atoms with van der Waals surface area (Å²) in [5, 5.41) is 4.96. The Balaban J connectivity index is 2.35. The van der Waals surface area contributed by atoms with Gasteiger partial charge in [-0.25, -0.2) is 5.43 Å². The molecule has 0 bridgehead atoms. The molecule has 2 rings (SSSR count). The molecule has 1 aromatic carbocycles. The fourth-order valence-corrected chi connectivity index (χ4v) is 2.82. The number of halogens is 2. The van der Waals surface area contributed by atoms with Crippen LogP contribution in [0.3, 0.4) is 0 Å². The van der Waals surface area contributed by atoms with Crippen LogP contribution in [0.1, 0.15) is 17.3 Å². The third kappa shape index (κ3) is 4.05. The number of nitrogens with two attached hydrogens (primary N) is 1. The van der Waals surface area contributed by atoms with Crippen LogP contribution in [0.15, 0.2) is 34.9 Å². The highest BCUT2D eigenvalue weighted by molar-refractivity contribution is 9.10. The van der Waals surface area contributed by atoms with Crippen molar-refractivity contribution in [2.45, 2.75) is 12.6 Å². The zero-order valence-corrected chi connectivity index (χ0v) is 14.4. The molecule has 0 aliphatic carbocycles. The van der Waals surface area contributed by atoms with Gasteiger partial charge in [0.15, 0.2) is 0 Å². The van der Waals surface area contributed by atoms with Crippen molar-refractivity contribution in [1.29, 1.82) is 0 Å². The number of aromatic nitrogens is 2. The molecule has 0 fully saturated rings. The molecule has 1 atom stereocenters. The van der Waals surface area contributed by atoms with Gasteiger partial charge in [-0.1, -0.05) is 39.7 Å². The van der Waals surface area contributed by atoms with Gasteiger partial charge in [0.2, 0.25) is 0 Å². The highest BCUT2D eigenvalue weighted by Crippen LogP contribution is 2.29. The van der Waals surface area contributed by atoms with Crippen molar-refractivity contribution in [1.82, 2.24) is 20.1 Å². The van der Waals surface area contributed by atoms with E-state index in [-0.39, 0.29) is 6.04 Å². The standard InChI is InChI=1S/C14H19BrClN5/c1-20(2)6-7-21-14(12(16)9-18-21)13(19-17)10-4-3-5-11(15)8-10/h3-5,8-9,13,19H,6-7,17H2,1-2H3. The van der Waals surface area contributed by atoms with E-state index in [1.807, 2.05) is 43.0 Å². The molecule has 2 aromatic rings. The van der Waals surface area contributed by atoms with Crippen LogP contribution in [0.2, 0.25) is 5.02 Å². The summed E-state index contributed by atoms with van der Waals surface area (Å²) in [6.45, 7) is 1.63. The molecule has 21 heavy (non-hydrogen) atoms. The average molecular weight is 373 g/mol. The van der Waals surface area contributed by atoms with Crippen LogP contribution in [0, 0.1) is 0 Å². The first-order valence-corrected chi connectivity index (χ1v) is 7.77. The van der Waals surface area contributed by atoms with E-state index < -0.39 is 0 Å². The Labute approximate surface area is 138 Å². The minimum absolute atomic E-state index is 0.209. The number of hydrazine groups is 1. The Bertz CT molecular complexity index is 599. The number of likely N-dealkylation sites (N-methyl/N-ethyl adjacent to an activating group) is 1. The van der Waals surface area contributed by atoms with E-state index in [4.69, 9.17) is 17.4 Å². The van der Waals surface area contributed by atoms with E-state index in [1.165, 1.54) is 0 Å². The molecule has 0 aliphatic heterocycles. The first-order chi connectivity index (χ1) is 10.0. The van der Waals surface area contributed by atoms with Gasteiger partial charge in [-0.05, 0) is 31.8 Å². The van der Waals surface area contributed by atoms with E-state index in [2.05, 4.69) is 31.4 Å². The van der Waals surface area contributed by atoms with Crippen molar-refractivity contribution < 1.29 is 0 Å². The van der Waals surface area contributed by atoms with Gasteiger partial charge < -0.3 is 4.90 Å². The topological polar surface area (TPSA) is 59.1 Å². The van der Waals surface area contributed by atoms with Crippen molar-refractivity contribution in [3.05, 3.63) is 51.2 Å². The first kappa shape index (κ1) is 16.5. The monoisotopic (exact) mass is 371 g/mol. The van der Waals surface area contributed by atoms with E-state index in [0.717, 1.165) is 28.8 Å². The second-order valence-electron chi connectivity index (χ2n) is 5.06. The third-order valence-corrected chi connectivity index (χ3v) is 4.00. The van der Waals surface area contributed by atoms with Crippen LogP contribution in [-0.2, 0) is 6.54 Å². The zero-order valence-electron chi connectivity index (χ0n) is 12.1. The minimum Gasteiger partial charge on any atom is -0.308 e. The number of benzene rings is 1. The Hall–Kier alpha value is -0.920. The molecule has 114 valence electrons. The minimum atomic E-state index is -0.209. The number of rotatable bonds is 6. The summed E-state index contributed by atoms with van der Waals surface area (Å²) in [6, 6.07) is 7.76. The fraction of sp³-hybridized carbons (Fsp3) is 0.357. The molecule has 0 amide bonds. The van der Waals surface area contributed by atoms with Gasteiger partial charge in [0, 0.05) is 11.0 Å². The third-order valence-electron chi connectivity index (χ3n) is 3.21. The van der Waals surface area contributed by atoms with E-state index in [0.29, 0.717) is 5.02 Å². The van der Waals surface area contributed by atoms with Crippen LogP contribution < -0.4 is 11.3 Å². The summed E-state index contributed by atoms with van der Waals surface area (Å²) in [5.74, 6) is 5.76. The maximum Gasteiger partial charge on any atom is 0.0893 e. The van der Waals surface area contributed by atoms with Crippen molar-refractivity contribution in [2.75, 3.05) is 20.6 Å². The lowest BCUT2D eigenvalue weighted by Gasteiger charge is -2.20. The predicted molar refractivity (Wildman–Crippen MR) is 89.1 cm³/mol. The van der Waals surface area contributed by atoms with Gasteiger partial charge in [-0.2, -0.15) is 5.10 Å². The van der Waals surface area contributed by atoms with E-state index >= 15 is 0 Å². The number of nitrogens with zero attached hydrogens (tertiary/aromatic N) is 3. The number of hydrogen-bond acceptors (Lipinski definition) is 4. The normalized spacial score (nSPS) is 12.9. The molecular weight excluding hydrogens is 354 g/mol. The Morgan fingerprint density at radius 3 is 2.86 bits per heavy atom. The van der Waals surface area contributed by atoms with Gasteiger partial charge in [0.05, 0.1) is 29.5 Å². The predicted octanol–water partition coefficient (Wildman–Crippen LogP) is 2.41. The van der Waals surface area contributed by atoms with Gasteiger partial charge >= 0.3 is 0 Å². The maximum atomic E-state index is 6.32. The van der Waals surface area contributed by atoms with Gasteiger partial charge in [0.1, 0.15) is 0 Å².